The van der Waals surface area contributed by atoms with Gasteiger partial charge in [-0.25, -0.2) is 4.98 Å². The average molecular weight is 311 g/mol. The molecule has 2 N–H and O–H groups in total. The average Bonchev–Trinajstić information content (AvgIpc) is 2.78. The van der Waals surface area contributed by atoms with Gasteiger partial charge < -0.3 is 10.3 Å². The highest BCUT2D eigenvalue weighted by atomic mass is 79.9. The molecule has 1 aromatic carbocycles. The van der Waals surface area contributed by atoms with E-state index in [0.717, 1.165) is 11.4 Å². The van der Waals surface area contributed by atoms with Crippen LogP contribution in [0.25, 0.3) is 0 Å². The molecule has 0 unspecified atom stereocenters. The van der Waals surface area contributed by atoms with E-state index in [1.54, 1.807) is 12.3 Å². The van der Waals surface area contributed by atoms with E-state index in [1.807, 2.05) is 10.8 Å². The zero-order valence-corrected chi connectivity index (χ0v) is 11.0. The third-order valence-electron chi connectivity index (χ3n) is 2.57. The van der Waals surface area contributed by atoms with Gasteiger partial charge in [0.1, 0.15) is 5.82 Å². The molecule has 0 aliphatic rings. The normalized spacial score (nSPS) is 10.6. The molecule has 0 atom stereocenters. The third-order valence-corrected chi connectivity index (χ3v) is 3.31. The van der Waals surface area contributed by atoms with Gasteiger partial charge in [-0.1, -0.05) is 15.9 Å². The molecule has 18 heavy (non-hydrogen) atoms. The van der Waals surface area contributed by atoms with Crippen molar-refractivity contribution in [3.8, 4) is 0 Å². The second kappa shape index (κ2) is 5.28. The van der Waals surface area contributed by atoms with Gasteiger partial charge in [0.2, 0.25) is 0 Å². The lowest BCUT2D eigenvalue weighted by Crippen LogP contribution is -2.09. The second-order valence-corrected chi connectivity index (χ2v) is 4.56. The Labute approximate surface area is 112 Å². The first kappa shape index (κ1) is 12.7. The van der Waals surface area contributed by atoms with E-state index in [4.69, 9.17) is 5.73 Å². The number of non-ortho nitro benzene ring substituents is 1. The summed E-state index contributed by atoms with van der Waals surface area (Å²) in [4.78, 5) is 14.3. The summed E-state index contributed by atoms with van der Waals surface area (Å²) in [6.45, 7) is 0.933. The summed E-state index contributed by atoms with van der Waals surface area (Å²) in [6, 6.07) is 4.70. The molecule has 0 bridgehead atoms. The predicted molar refractivity (Wildman–Crippen MR) is 70.0 cm³/mol. The number of nitro benzene ring substituents is 1. The Balaban J connectivity index is 2.27. The lowest BCUT2D eigenvalue weighted by Gasteiger charge is -2.08. The molecule has 94 valence electrons. The molecule has 2 rings (SSSR count). The first-order chi connectivity index (χ1) is 8.61. The van der Waals surface area contributed by atoms with Crippen molar-refractivity contribution in [2.75, 3.05) is 0 Å². The Hall–Kier alpha value is -1.73. The quantitative estimate of drug-likeness (QED) is 0.691. The molecule has 0 saturated heterocycles. The van der Waals surface area contributed by atoms with E-state index in [9.17, 15) is 10.1 Å². The molecule has 0 spiro atoms. The SMILES string of the molecule is NCc1nccn1Cc1ccc([N+](=O)[O-])cc1Br. The Morgan fingerprint density at radius 3 is 2.89 bits per heavy atom. The number of aromatic nitrogens is 2. The fourth-order valence-electron chi connectivity index (χ4n) is 1.64. The largest absolute Gasteiger partial charge is 0.329 e. The maximum Gasteiger partial charge on any atom is 0.270 e. The van der Waals surface area contributed by atoms with Crippen LogP contribution in [0.15, 0.2) is 35.1 Å². The van der Waals surface area contributed by atoms with Crippen LogP contribution in [-0.2, 0) is 13.1 Å². The summed E-state index contributed by atoms with van der Waals surface area (Å²) < 4.78 is 2.61. The number of hydrogen-bond acceptors (Lipinski definition) is 4. The standard InChI is InChI=1S/C11H11BrN4O2/c12-10-5-9(16(17)18)2-1-8(10)7-15-4-3-14-11(15)6-13/h1-5H,6-7,13H2. The van der Waals surface area contributed by atoms with Gasteiger partial charge >= 0.3 is 0 Å². The Bertz CT molecular complexity index is 582. The van der Waals surface area contributed by atoms with Crippen molar-refractivity contribution in [1.82, 2.24) is 9.55 Å². The van der Waals surface area contributed by atoms with Crippen LogP contribution in [0.3, 0.4) is 0 Å². The van der Waals surface area contributed by atoms with Crippen LogP contribution in [0.4, 0.5) is 5.69 Å². The molecule has 0 aliphatic carbocycles. The summed E-state index contributed by atoms with van der Waals surface area (Å²) in [5.74, 6) is 0.778. The molecule has 0 radical (unpaired) electrons. The second-order valence-electron chi connectivity index (χ2n) is 3.71. The van der Waals surface area contributed by atoms with Crippen LogP contribution in [0, 0.1) is 10.1 Å². The van der Waals surface area contributed by atoms with E-state index in [0.29, 0.717) is 17.6 Å². The van der Waals surface area contributed by atoms with E-state index in [2.05, 4.69) is 20.9 Å². The number of hydrogen-bond donors (Lipinski definition) is 1. The van der Waals surface area contributed by atoms with E-state index in [1.165, 1.54) is 12.1 Å². The van der Waals surface area contributed by atoms with Crippen molar-refractivity contribution < 1.29 is 4.92 Å². The van der Waals surface area contributed by atoms with E-state index in [-0.39, 0.29) is 5.69 Å². The number of nitrogens with zero attached hydrogens (tertiary/aromatic N) is 3. The highest BCUT2D eigenvalue weighted by molar-refractivity contribution is 9.10. The lowest BCUT2D eigenvalue weighted by atomic mass is 10.2. The van der Waals surface area contributed by atoms with E-state index >= 15 is 0 Å². The van der Waals surface area contributed by atoms with Gasteiger partial charge in [0.15, 0.2) is 0 Å². The first-order valence-electron chi connectivity index (χ1n) is 5.24. The minimum absolute atomic E-state index is 0.0651. The van der Waals surface area contributed by atoms with Gasteiger partial charge in [-0.3, -0.25) is 10.1 Å². The van der Waals surface area contributed by atoms with Crippen molar-refractivity contribution in [2.45, 2.75) is 13.1 Å². The van der Waals surface area contributed by atoms with Crippen LogP contribution < -0.4 is 5.73 Å². The summed E-state index contributed by atoms with van der Waals surface area (Å²) in [5.41, 5.74) is 6.57. The summed E-state index contributed by atoms with van der Waals surface area (Å²) in [6.07, 6.45) is 3.51. The summed E-state index contributed by atoms with van der Waals surface area (Å²) in [7, 11) is 0. The molecule has 0 fully saturated rings. The minimum Gasteiger partial charge on any atom is -0.329 e. The topological polar surface area (TPSA) is 87.0 Å². The molecule has 0 saturated carbocycles. The highest BCUT2D eigenvalue weighted by Crippen LogP contribution is 2.23. The van der Waals surface area contributed by atoms with E-state index < -0.39 is 4.92 Å². The molecule has 6 nitrogen and oxygen atoms in total. The Kier molecular flexibility index (Phi) is 3.73. The van der Waals surface area contributed by atoms with Crippen LogP contribution in [0.5, 0.6) is 0 Å². The van der Waals surface area contributed by atoms with Crippen LogP contribution in [-0.4, -0.2) is 14.5 Å². The van der Waals surface area contributed by atoms with Gasteiger partial charge in [-0.05, 0) is 11.6 Å². The van der Waals surface area contributed by atoms with Gasteiger partial charge in [0.25, 0.3) is 5.69 Å². The fraction of sp³-hybridized carbons (Fsp3) is 0.182. The summed E-state index contributed by atoms with van der Waals surface area (Å²) >= 11 is 3.34. The van der Waals surface area contributed by atoms with Crippen molar-refractivity contribution in [3.05, 3.63) is 56.6 Å². The van der Waals surface area contributed by atoms with Gasteiger partial charge in [0.05, 0.1) is 11.5 Å². The zero-order valence-electron chi connectivity index (χ0n) is 9.41. The fourth-order valence-corrected chi connectivity index (χ4v) is 2.13. The molecule has 2 aromatic rings. The first-order valence-corrected chi connectivity index (χ1v) is 6.04. The number of nitrogens with two attached hydrogens (primary N) is 1. The van der Waals surface area contributed by atoms with Crippen molar-refractivity contribution in [3.63, 3.8) is 0 Å². The minimum atomic E-state index is -0.420. The van der Waals surface area contributed by atoms with Crippen LogP contribution >= 0.6 is 15.9 Å². The van der Waals surface area contributed by atoms with Crippen LogP contribution in [0.1, 0.15) is 11.4 Å². The monoisotopic (exact) mass is 310 g/mol. The smallest absolute Gasteiger partial charge is 0.270 e. The Morgan fingerprint density at radius 1 is 1.50 bits per heavy atom. The number of nitro groups is 1. The molecule has 1 heterocycles. The third kappa shape index (κ3) is 2.57. The number of rotatable bonds is 4. The maximum atomic E-state index is 10.6. The predicted octanol–water partition coefficient (Wildman–Crippen LogP) is 2.06. The Morgan fingerprint density at radius 2 is 2.28 bits per heavy atom. The zero-order chi connectivity index (χ0) is 13.1. The number of benzene rings is 1. The number of imidazole rings is 1. The van der Waals surface area contributed by atoms with Crippen molar-refractivity contribution >= 4 is 21.6 Å². The molecule has 7 heteroatoms. The number of halogens is 1. The van der Waals surface area contributed by atoms with Crippen LogP contribution in [0.2, 0.25) is 0 Å². The molecule has 0 amide bonds. The van der Waals surface area contributed by atoms with Gasteiger partial charge in [0, 0.05) is 35.5 Å². The molecule has 1 aromatic heterocycles. The van der Waals surface area contributed by atoms with Gasteiger partial charge in [-0.2, -0.15) is 0 Å². The summed E-state index contributed by atoms with van der Waals surface area (Å²) in [5, 5.41) is 10.6. The molecular formula is C11H11BrN4O2. The van der Waals surface area contributed by atoms with Crippen molar-refractivity contribution in [1.29, 1.82) is 0 Å². The van der Waals surface area contributed by atoms with Gasteiger partial charge in [-0.15, -0.1) is 0 Å². The highest BCUT2D eigenvalue weighted by Gasteiger charge is 2.10. The van der Waals surface area contributed by atoms with Crippen molar-refractivity contribution in [2.24, 2.45) is 5.73 Å². The molecule has 0 aliphatic heterocycles. The molecular weight excluding hydrogens is 300 g/mol. The lowest BCUT2D eigenvalue weighted by molar-refractivity contribution is -0.384. The maximum absolute atomic E-state index is 10.6.